The number of carboxylic acids is 1. The minimum Gasteiger partial charge on any atom is -0.481 e. The number of amides is 2. The molecule has 0 bridgehead atoms. The van der Waals surface area contributed by atoms with Crippen molar-refractivity contribution in [2.24, 2.45) is 5.41 Å². The van der Waals surface area contributed by atoms with E-state index in [1.54, 1.807) is 18.7 Å². The molecule has 2 rings (SSSR count). The van der Waals surface area contributed by atoms with Crippen LogP contribution in [-0.2, 0) is 4.79 Å². The molecule has 0 aromatic heterocycles. The molecule has 20 heavy (non-hydrogen) atoms. The minimum atomic E-state index is -0.864. The molecule has 1 heterocycles. The molecule has 2 amide bonds. The van der Waals surface area contributed by atoms with Gasteiger partial charge in [0.15, 0.2) is 0 Å². The number of aliphatic carboxylic acids is 1. The van der Waals surface area contributed by atoms with E-state index in [0.29, 0.717) is 38.8 Å². The van der Waals surface area contributed by atoms with Gasteiger partial charge in [-0.3, -0.25) is 4.79 Å². The van der Waals surface area contributed by atoms with Gasteiger partial charge in [-0.05, 0) is 39.5 Å². The van der Waals surface area contributed by atoms with Crippen LogP contribution < -0.4 is 5.32 Å². The first kappa shape index (κ1) is 15.1. The van der Waals surface area contributed by atoms with E-state index in [4.69, 9.17) is 0 Å². The zero-order valence-corrected chi connectivity index (χ0v) is 12.2. The summed E-state index contributed by atoms with van der Waals surface area (Å²) in [6, 6.07) is -0.519. The lowest BCUT2D eigenvalue weighted by molar-refractivity contribution is -0.148. The summed E-state index contributed by atoms with van der Waals surface area (Å²) in [5, 5.41) is 22.1. The quantitative estimate of drug-likeness (QED) is 0.710. The third-order valence-corrected chi connectivity index (χ3v) is 4.87. The summed E-state index contributed by atoms with van der Waals surface area (Å²) in [5.41, 5.74) is -1.56. The summed E-state index contributed by atoms with van der Waals surface area (Å²) >= 11 is 0. The zero-order chi connectivity index (χ0) is 15.0. The minimum absolute atomic E-state index is 0.208. The molecule has 1 aliphatic heterocycles. The SMILES string of the molecule is CC1(O)CCN(C(=O)NC2CCCC2(C)C(=O)O)CC1. The number of hydrogen-bond donors (Lipinski definition) is 3. The van der Waals surface area contributed by atoms with Gasteiger partial charge in [0, 0.05) is 19.1 Å². The first-order valence-corrected chi connectivity index (χ1v) is 7.26. The molecule has 1 saturated heterocycles. The Morgan fingerprint density at radius 3 is 2.35 bits per heavy atom. The van der Waals surface area contributed by atoms with Gasteiger partial charge in [0.1, 0.15) is 0 Å². The van der Waals surface area contributed by atoms with Crippen molar-refractivity contribution in [3.63, 3.8) is 0 Å². The highest BCUT2D eigenvalue weighted by Crippen LogP contribution is 2.38. The number of likely N-dealkylation sites (tertiary alicyclic amines) is 1. The Morgan fingerprint density at radius 2 is 1.80 bits per heavy atom. The fourth-order valence-corrected chi connectivity index (χ4v) is 3.09. The van der Waals surface area contributed by atoms with Crippen LogP contribution >= 0.6 is 0 Å². The van der Waals surface area contributed by atoms with Gasteiger partial charge in [0.05, 0.1) is 11.0 Å². The predicted octanol–water partition coefficient (Wildman–Crippen LogP) is 1.19. The highest BCUT2D eigenvalue weighted by molar-refractivity contribution is 5.79. The van der Waals surface area contributed by atoms with Crippen LogP contribution in [0, 0.1) is 5.41 Å². The molecule has 2 fully saturated rings. The van der Waals surface area contributed by atoms with Gasteiger partial charge in [-0.25, -0.2) is 4.79 Å². The molecule has 0 spiro atoms. The first-order chi connectivity index (χ1) is 9.24. The van der Waals surface area contributed by atoms with E-state index in [9.17, 15) is 19.8 Å². The Kier molecular flexibility index (Phi) is 3.95. The number of carbonyl (C=O) groups is 2. The number of aliphatic hydroxyl groups is 1. The topological polar surface area (TPSA) is 89.9 Å². The van der Waals surface area contributed by atoms with Crippen LogP contribution in [0.4, 0.5) is 4.79 Å². The Balaban J connectivity index is 1.93. The molecule has 6 heteroatoms. The van der Waals surface area contributed by atoms with Crippen LogP contribution in [0.5, 0.6) is 0 Å². The summed E-state index contributed by atoms with van der Waals surface area (Å²) in [6.07, 6.45) is 3.24. The number of hydrogen-bond acceptors (Lipinski definition) is 3. The molecule has 114 valence electrons. The molecule has 3 N–H and O–H groups in total. The van der Waals surface area contributed by atoms with Gasteiger partial charge in [-0.1, -0.05) is 6.42 Å². The maximum absolute atomic E-state index is 12.2. The Labute approximate surface area is 119 Å². The second kappa shape index (κ2) is 5.24. The smallest absolute Gasteiger partial charge is 0.317 e. The van der Waals surface area contributed by atoms with Crippen LogP contribution in [0.3, 0.4) is 0 Å². The monoisotopic (exact) mass is 284 g/mol. The van der Waals surface area contributed by atoms with E-state index < -0.39 is 17.0 Å². The number of piperidine rings is 1. The molecule has 0 aromatic carbocycles. The summed E-state index contributed by atoms with van der Waals surface area (Å²) in [4.78, 5) is 25.3. The number of carboxylic acid groups (broad SMARTS) is 1. The summed E-state index contributed by atoms with van der Waals surface area (Å²) in [7, 11) is 0. The first-order valence-electron chi connectivity index (χ1n) is 7.26. The maximum Gasteiger partial charge on any atom is 0.317 e. The Bertz CT molecular complexity index is 400. The number of urea groups is 1. The second-order valence-electron chi connectivity index (χ2n) is 6.60. The highest BCUT2D eigenvalue weighted by atomic mass is 16.4. The molecule has 1 aliphatic carbocycles. The molecule has 0 radical (unpaired) electrons. The van der Waals surface area contributed by atoms with Crippen molar-refractivity contribution in [3.05, 3.63) is 0 Å². The van der Waals surface area contributed by atoms with Crippen molar-refractivity contribution < 1.29 is 19.8 Å². The van der Waals surface area contributed by atoms with Gasteiger partial charge in [-0.15, -0.1) is 0 Å². The van der Waals surface area contributed by atoms with Crippen molar-refractivity contribution in [1.29, 1.82) is 0 Å². The van der Waals surface area contributed by atoms with E-state index in [2.05, 4.69) is 5.32 Å². The van der Waals surface area contributed by atoms with Crippen LogP contribution in [0.15, 0.2) is 0 Å². The lowest BCUT2D eigenvalue weighted by atomic mass is 9.85. The van der Waals surface area contributed by atoms with Crippen molar-refractivity contribution in [3.8, 4) is 0 Å². The molecule has 2 aliphatic rings. The number of rotatable bonds is 2. The molecular weight excluding hydrogens is 260 g/mol. The molecule has 0 aromatic rings. The van der Waals surface area contributed by atoms with Gasteiger partial charge < -0.3 is 20.4 Å². The van der Waals surface area contributed by atoms with Crippen molar-refractivity contribution in [1.82, 2.24) is 10.2 Å². The van der Waals surface area contributed by atoms with Crippen LogP contribution in [0.25, 0.3) is 0 Å². The zero-order valence-electron chi connectivity index (χ0n) is 12.2. The van der Waals surface area contributed by atoms with Crippen molar-refractivity contribution in [2.75, 3.05) is 13.1 Å². The van der Waals surface area contributed by atoms with E-state index in [1.807, 2.05) is 0 Å². The highest BCUT2D eigenvalue weighted by Gasteiger charge is 2.46. The van der Waals surface area contributed by atoms with E-state index >= 15 is 0 Å². The summed E-state index contributed by atoms with van der Waals surface area (Å²) < 4.78 is 0. The number of nitrogens with zero attached hydrogens (tertiary/aromatic N) is 1. The van der Waals surface area contributed by atoms with Crippen LogP contribution in [-0.4, -0.2) is 51.8 Å². The van der Waals surface area contributed by atoms with Crippen LogP contribution in [0.2, 0.25) is 0 Å². The third-order valence-electron chi connectivity index (χ3n) is 4.87. The lowest BCUT2D eigenvalue weighted by Gasteiger charge is -2.37. The van der Waals surface area contributed by atoms with Crippen LogP contribution in [0.1, 0.15) is 46.0 Å². The second-order valence-corrected chi connectivity index (χ2v) is 6.60. The number of nitrogens with one attached hydrogen (secondary N) is 1. The third kappa shape index (κ3) is 2.90. The molecule has 1 saturated carbocycles. The van der Waals surface area contributed by atoms with Gasteiger partial charge >= 0.3 is 12.0 Å². The van der Waals surface area contributed by atoms with Crippen molar-refractivity contribution in [2.45, 2.75) is 57.6 Å². The molecule has 2 unspecified atom stereocenters. The average Bonchev–Trinajstić information content (AvgIpc) is 2.72. The molecule has 6 nitrogen and oxygen atoms in total. The van der Waals surface area contributed by atoms with E-state index in [0.717, 1.165) is 6.42 Å². The van der Waals surface area contributed by atoms with E-state index in [-0.39, 0.29) is 12.1 Å². The van der Waals surface area contributed by atoms with Gasteiger partial charge in [0.25, 0.3) is 0 Å². The summed E-state index contributed by atoms with van der Waals surface area (Å²) in [6.45, 7) is 4.50. The molecule has 2 atom stereocenters. The Morgan fingerprint density at radius 1 is 1.20 bits per heavy atom. The van der Waals surface area contributed by atoms with E-state index in [1.165, 1.54) is 0 Å². The fourth-order valence-electron chi connectivity index (χ4n) is 3.09. The fraction of sp³-hybridized carbons (Fsp3) is 0.857. The summed E-state index contributed by atoms with van der Waals surface area (Å²) in [5.74, 6) is -0.845. The standard InChI is InChI=1S/C14H24N2O4/c1-13(20)6-8-16(9-7-13)12(19)15-10-4-3-5-14(10,2)11(17)18/h10,20H,3-9H2,1-2H3,(H,15,19)(H,17,18). The lowest BCUT2D eigenvalue weighted by Crippen LogP contribution is -2.54. The van der Waals surface area contributed by atoms with Gasteiger partial charge in [-0.2, -0.15) is 0 Å². The Hall–Kier alpha value is -1.30. The van der Waals surface area contributed by atoms with Crippen molar-refractivity contribution >= 4 is 12.0 Å². The predicted molar refractivity (Wildman–Crippen MR) is 73.3 cm³/mol. The number of carbonyl (C=O) groups excluding carboxylic acids is 1. The van der Waals surface area contributed by atoms with Gasteiger partial charge in [0.2, 0.25) is 0 Å². The molecular formula is C14H24N2O4. The normalized spacial score (nSPS) is 33.0. The largest absolute Gasteiger partial charge is 0.481 e. The average molecular weight is 284 g/mol. The maximum atomic E-state index is 12.2.